The lowest BCUT2D eigenvalue weighted by Crippen LogP contribution is -2.38. The first-order valence-electron chi connectivity index (χ1n) is 9.55. The van der Waals surface area contributed by atoms with Crippen LogP contribution in [-0.4, -0.2) is 28.6 Å². The maximum atomic E-state index is 5.94. The van der Waals surface area contributed by atoms with Gasteiger partial charge >= 0.3 is 0 Å². The Labute approximate surface area is 194 Å². The van der Waals surface area contributed by atoms with Gasteiger partial charge in [-0.1, -0.05) is 54.1 Å². The van der Waals surface area contributed by atoms with E-state index >= 15 is 0 Å². The third-order valence-corrected chi connectivity index (χ3v) is 4.59. The second-order valence-corrected chi connectivity index (χ2v) is 6.89. The van der Waals surface area contributed by atoms with E-state index in [1.807, 2.05) is 30.6 Å². The number of nitrogens with one attached hydrogen (secondary N) is 2. The zero-order valence-electron chi connectivity index (χ0n) is 16.5. The Morgan fingerprint density at radius 3 is 2.52 bits per heavy atom. The number of nitrogens with zero attached hydrogens (tertiary/aromatic N) is 3. The molecule has 29 heavy (non-hydrogen) atoms. The highest BCUT2D eigenvalue weighted by molar-refractivity contribution is 14.0. The quantitative estimate of drug-likeness (QED) is 0.260. The number of imidazole rings is 1. The second kappa shape index (κ2) is 12.5. The van der Waals surface area contributed by atoms with Gasteiger partial charge in [-0.05, 0) is 36.6 Å². The lowest BCUT2D eigenvalue weighted by Gasteiger charge is -2.12. The summed E-state index contributed by atoms with van der Waals surface area (Å²) < 4.78 is 2.14. The van der Waals surface area contributed by atoms with Crippen LogP contribution in [0.3, 0.4) is 0 Å². The van der Waals surface area contributed by atoms with Crippen molar-refractivity contribution in [1.29, 1.82) is 0 Å². The number of rotatable bonds is 8. The molecule has 0 aliphatic rings. The van der Waals surface area contributed by atoms with E-state index in [-0.39, 0.29) is 24.0 Å². The van der Waals surface area contributed by atoms with Crippen LogP contribution in [0.1, 0.15) is 23.9 Å². The topological polar surface area (TPSA) is 54.2 Å². The van der Waals surface area contributed by atoms with Gasteiger partial charge in [0.2, 0.25) is 0 Å². The number of hydrogen-bond donors (Lipinski definition) is 2. The van der Waals surface area contributed by atoms with Crippen molar-refractivity contribution in [2.24, 2.45) is 4.99 Å². The smallest absolute Gasteiger partial charge is 0.191 e. The van der Waals surface area contributed by atoms with E-state index in [0.29, 0.717) is 6.54 Å². The van der Waals surface area contributed by atoms with Gasteiger partial charge in [-0.15, -0.1) is 24.0 Å². The Bertz CT molecular complexity index is 878. The maximum absolute atomic E-state index is 5.94. The highest BCUT2D eigenvalue weighted by atomic mass is 127. The van der Waals surface area contributed by atoms with Gasteiger partial charge in [-0.25, -0.2) is 9.98 Å². The first-order valence-corrected chi connectivity index (χ1v) is 9.93. The van der Waals surface area contributed by atoms with Crippen molar-refractivity contribution in [3.8, 4) is 0 Å². The summed E-state index contributed by atoms with van der Waals surface area (Å²) in [6, 6.07) is 18.3. The third-order valence-electron chi connectivity index (χ3n) is 4.34. The molecule has 7 heteroatoms. The predicted molar refractivity (Wildman–Crippen MR) is 131 cm³/mol. The van der Waals surface area contributed by atoms with Crippen LogP contribution >= 0.6 is 35.6 Å². The van der Waals surface area contributed by atoms with E-state index in [1.165, 1.54) is 11.1 Å². The summed E-state index contributed by atoms with van der Waals surface area (Å²) in [6.45, 7) is 4.99. The summed E-state index contributed by atoms with van der Waals surface area (Å²) in [5, 5.41) is 7.44. The summed E-state index contributed by atoms with van der Waals surface area (Å²) in [6.07, 6.45) is 4.73. The molecule has 0 fully saturated rings. The average Bonchev–Trinajstić information content (AvgIpc) is 3.15. The second-order valence-electron chi connectivity index (χ2n) is 6.46. The van der Waals surface area contributed by atoms with Gasteiger partial charge in [-0.2, -0.15) is 0 Å². The molecule has 0 aliphatic carbocycles. The molecule has 0 saturated carbocycles. The molecule has 1 heterocycles. The van der Waals surface area contributed by atoms with Crippen molar-refractivity contribution in [3.05, 3.63) is 89.0 Å². The summed E-state index contributed by atoms with van der Waals surface area (Å²) in [5.41, 5.74) is 2.49. The fourth-order valence-electron chi connectivity index (χ4n) is 2.88. The van der Waals surface area contributed by atoms with Gasteiger partial charge in [0.25, 0.3) is 0 Å². The number of halogens is 2. The largest absolute Gasteiger partial charge is 0.357 e. The number of guanidine groups is 1. The van der Waals surface area contributed by atoms with Gasteiger partial charge in [-0.3, -0.25) is 0 Å². The Morgan fingerprint density at radius 2 is 1.79 bits per heavy atom. The Kier molecular flexibility index (Phi) is 10.0. The minimum atomic E-state index is 0. The molecule has 0 spiro atoms. The molecule has 0 saturated heterocycles. The van der Waals surface area contributed by atoms with Crippen molar-refractivity contribution < 1.29 is 0 Å². The zero-order chi connectivity index (χ0) is 19.6. The van der Waals surface area contributed by atoms with E-state index in [9.17, 15) is 0 Å². The summed E-state index contributed by atoms with van der Waals surface area (Å²) in [7, 11) is 0. The summed E-state index contributed by atoms with van der Waals surface area (Å²) in [5.74, 6) is 1.74. The number of aliphatic imine (C=N–C) groups is 1. The first kappa shape index (κ1) is 23.2. The number of aromatic nitrogens is 2. The van der Waals surface area contributed by atoms with Crippen LogP contribution in [0.5, 0.6) is 0 Å². The zero-order valence-corrected chi connectivity index (χ0v) is 19.6. The fraction of sp³-hybridized carbons (Fsp3) is 0.273. The molecule has 0 atom stereocenters. The third kappa shape index (κ3) is 7.70. The van der Waals surface area contributed by atoms with Crippen molar-refractivity contribution in [2.75, 3.05) is 13.1 Å². The van der Waals surface area contributed by atoms with Crippen LogP contribution in [0.15, 0.2) is 72.0 Å². The van der Waals surface area contributed by atoms with Crippen LogP contribution in [0.25, 0.3) is 0 Å². The minimum absolute atomic E-state index is 0. The van der Waals surface area contributed by atoms with Gasteiger partial charge in [0.15, 0.2) is 5.96 Å². The van der Waals surface area contributed by atoms with Crippen molar-refractivity contribution in [1.82, 2.24) is 20.2 Å². The SMILES string of the molecule is CCNC(=NCc1nccn1Cc1ccccc1)NCCc1ccc(Cl)cc1.I. The molecule has 2 aromatic carbocycles. The van der Waals surface area contributed by atoms with Crippen LogP contribution < -0.4 is 10.6 Å². The average molecular weight is 524 g/mol. The minimum Gasteiger partial charge on any atom is -0.357 e. The molecule has 0 bridgehead atoms. The number of benzene rings is 2. The Morgan fingerprint density at radius 1 is 1.03 bits per heavy atom. The predicted octanol–water partition coefficient (Wildman–Crippen LogP) is 4.50. The summed E-state index contributed by atoms with van der Waals surface area (Å²) >= 11 is 5.94. The molecule has 0 amide bonds. The molecule has 0 unspecified atom stereocenters. The van der Waals surface area contributed by atoms with Crippen LogP contribution in [-0.2, 0) is 19.5 Å². The normalized spacial score (nSPS) is 11.0. The Hall–Kier alpha value is -2.06. The molecule has 1 aromatic heterocycles. The van der Waals surface area contributed by atoms with Crippen molar-refractivity contribution >= 4 is 41.5 Å². The standard InChI is InChI=1S/C22H26ClN5.HI/c1-2-24-22(26-13-12-18-8-10-20(23)11-9-18)27-16-21-25-14-15-28(21)17-19-6-4-3-5-7-19;/h3-11,14-15H,2,12-13,16-17H2,1H3,(H2,24,26,27);1H. The van der Waals surface area contributed by atoms with Gasteiger partial charge in [0.1, 0.15) is 12.4 Å². The van der Waals surface area contributed by atoms with Gasteiger partial charge in [0, 0.05) is 37.1 Å². The van der Waals surface area contributed by atoms with Crippen molar-refractivity contribution in [2.45, 2.75) is 26.4 Å². The van der Waals surface area contributed by atoms with E-state index < -0.39 is 0 Å². The van der Waals surface area contributed by atoms with E-state index in [0.717, 1.165) is 42.9 Å². The maximum Gasteiger partial charge on any atom is 0.191 e. The molecule has 3 rings (SSSR count). The van der Waals surface area contributed by atoms with Crippen LogP contribution in [0, 0.1) is 0 Å². The highest BCUT2D eigenvalue weighted by Gasteiger charge is 2.04. The van der Waals surface area contributed by atoms with Crippen LogP contribution in [0.4, 0.5) is 0 Å². The molecule has 0 aliphatic heterocycles. The molecule has 0 radical (unpaired) electrons. The lowest BCUT2D eigenvalue weighted by molar-refractivity contribution is 0.716. The summed E-state index contributed by atoms with van der Waals surface area (Å²) in [4.78, 5) is 9.16. The lowest BCUT2D eigenvalue weighted by atomic mass is 10.1. The molecule has 3 aromatic rings. The van der Waals surface area contributed by atoms with E-state index in [2.05, 4.69) is 63.5 Å². The molecule has 5 nitrogen and oxygen atoms in total. The monoisotopic (exact) mass is 523 g/mol. The van der Waals surface area contributed by atoms with Gasteiger partial charge < -0.3 is 15.2 Å². The molecule has 2 N–H and O–H groups in total. The first-order chi connectivity index (χ1) is 13.7. The molecular weight excluding hydrogens is 497 g/mol. The number of hydrogen-bond acceptors (Lipinski definition) is 2. The molecule has 154 valence electrons. The molecular formula is C22H27ClIN5. The van der Waals surface area contributed by atoms with Crippen LogP contribution in [0.2, 0.25) is 5.02 Å². The Balaban J connectivity index is 0.00000300. The fourth-order valence-corrected chi connectivity index (χ4v) is 3.01. The van der Waals surface area contributed by atoms with E-state index in [4.69, 9.17) is 16.6 Å². The van der Waals surface area contributed by atoms with Gasteiger partial charge in [0.05, 0.1) is 0 Å². The van der Waals surface area contributed by atoms with Crippen molar-refractivity contribution in [3.63, 3.8) is 0 Å². The van der Waals surface area contributed by atoms with E-state index in [1.54, 1.807) is 0 Å². The highest BCUT2D eigenvalue weighted by Crippen LogP contribution is 2.09.